The first-order valence-electron chi connectivity index (χ1n) is 4.02. The zero-order valence-electron chi connectivity index (χ0n) is 7.70. The van der Waals surface area contributed by atoms with Crippen LogP contribution in [0.2, 0.25) is 10.0 Å². The third-order valence-electron chi connectivity index (χ3n) is 1.84. The monoisotopic (exact) mass is 244 g/mol. The van der Waals surface area contributed by atoms with Crippen LogP contribution in [-0.4, -0.2) is 17.3 Å². The van der Waals surface area contributed by atoms with Crippen LogP contribution in [0.4, 0.5) is 0 Å². The average Bonchev–Trinajstić information content (AvgIpc) is 2.69. The Balaban J connectivity index is 2.58. The van der Waals surface area contributed by atoms with Gasteiger partial charge >= 0.3 is 0 Å². The highest BCUT2D eigenvalue weighted by Crippen LogP contribution is 2.36. The predicted octanol–water partition coefficient (Wildman–Crippen LogP) is 3.05. The molecule has 0 atom stereocenters. The minimum absolute atomic E-state index is 0.354. The van der Waals surface area contributed by atoms with Crippen molar-refractivity contribution in [3.63, 3.8) is 0 Å². The van der Waals surface area contributed by atoms with Crippen LogP contribution >= 0.6 is 23.2 Å². The lowest BCUT2D eigenvalue weighted by Crippen LogP contribution is -1.88. The van der Waals surface area contributed by atoms with E-state index in [0.717, 1.165) is 0 Å². The Kier molecular flexibility index (Phi) is 2.79. The van der Waals surface area contributed by atoms with Crippen molar-refractivity contribution >= 4 is 23.2 Å². The molecular weight excluding hydrogens is 239 g/mol. The summed E-state index contributed by atoms with van der Waals surface area (Å²) in [6.45, 7) is 0. The maximum absolute atomic E-state index is 6.02. The van der Waals surface area contributed by atoms with Crippen molar-refractivity contribution in [2.24, 2.45) is 0 Å². The van der Waals surface area contributed by atoms with Gasteiger partial charge in [-0.2, -0.15) is 4.98 Å². The number of hydrogen-bond acceptors (Lipinski definition) is 4. The molecule has 2 aromatic rings. The minimum Gasteiger partial charge on any atom is -0.497 e. The number of benzene rings is 1. The fourth-order valence-corrected chi connectivity index (χ4v) is 1.80. The van der Waals surface area contributed by atoms with Crippen molar-refractivity contribution in [1.82, 2.24) is 10.1 Å². The molecule has 0 aliphatic rings. The lowest BCUT2D eigenvalue weighted by Gasteiger charge is -2.05. The molecule has 0 saturated heterocycles. The molecule has 0 spiro atoms. The van der Waals surface area contributed by atoms with Crippen molar-refractivity contribution < 1.29 is 9.26 Å². The smallest absolute Gasteiger partial charge is 0.214 e. The van der Waals surface area contributed by atoms with Crippen LogP contribution in [0.3, 0.4) is 0 Å². The zero-order valence-corrected chi connectivity index (χ0v) is 9.21. The quantitative estimate of drug-likeness (QED) is 0.815. The SMILES string of the molecule is COc1cc(Cl)c(-c2ncon2)c(Cl)c1. The molecule has 0 fully saturated rings. The third kappa shape index (κ3) is 1.91. The van der Waals surface area contributed by atoms with Gasteiger partial charge in [0.2, 0.25) is 12.2 Å². The van der Waals surface area contributed by atoms with Crippen molar-refractivity contribution in [1.29, 1.82) is 0 Å². The molecule has 0 aliphatic carbocycles. The summed E-state index contributed by atoms with van der Waals surface area (Å²) in [7, 11) is 1.54. The predicted molar refractivity (Wildman–Crippen MR) is 56.3 cm³/mol. The molecule has 0 aliphatic heterocycles. The number of nitrogens with zero attached hydrogens (tertiary/aromatic N) is 2. The Morgan fingerprint density at radius 3 is 2.40 bits per heavy atom. The molecule has 0 amide bonds. The van der Waals surface area contributed by atoms with Gasteiger partial charge in [-0.3, -0.25) is 0 Å². The normalized spacial score (nSPS) is 10.3. The van der Waals surface area contributed by atoms with E-state index in [0.29, 0.717) is 27.2 Å². The summed E-state index contributed by atoms with van der Waals surface area (Å²) < 4.78 is 9.64. The number of ether oxygens (including phenoxy) is 1. The number of aromatic nitrogens is 2. The van der Waals surface area contributed by atoms with Crippen LogP contribution in [0.1, 0.15) is 0 Å². The van der Waals surface area contributed by atoms with Crippen LogP contribution in [0.15, 0.2) is 23.0 Å². The van der Waals surface area contributed by atoms with Gasteiger partial charge in [0.25, 0.3) is 0 Å². The van der Waals surface area contributed by atoms with E-state index >= 15 is 0 Å². The largest absolute Gasteiger partial charge is 0.497 e. The number of methoxy groups -OCH3 is 1. The highest BCUT2D eigenvalue weighted by molar-refractivity contribution is 6.39. The Morgan fingerprint density at radius 1 is 1.27 bits per heavy atom. The van der Waals surface area contributed by atoms with Gasteiger partial charge in [0, 0.05) is 0 Å². The molecule has 78 valence electrons. The van der Waals surface area contributed by atoms with Gasteiger partial charge in [0.15, 0.2) is 0 Å². The van der Waals surface area contributed by atoms with Gasteiger partial charge < -0.3 is 9.26 Å². The summed E-state index contributed by atoms with van der Waals surface area (Å²) >= 11 is 12.0. The summed E-state index contributed by atoms with van der Waals surface area (Å²) in [5.74, 6) is 0.935. The zero-order chi connectivity index (χ0) is 10.8. The van der Waals surface area contributed by atoms with Crippen LogP contribution in [0.5, 0.6) is 5.75 Å². The van der Waals surface area contributed by atoms with E-state index in [2.05, 4.69) is 14.7 Å². The second-order valence-electron chi connectivity index (χ2n) is 2.72. The molecule has 2 rings (SSSR count). The molecule has 1 aromatic heterocycles. The highest BCUT2D eigenvalue weighted by atomic mass is 35.5. The average molecular weight is 245 g/mol. The van der Waals surface area contributed by atoms with Crippen LogP contribution < -0.4 is 4.74 Å². The van der Waals surface area contributed by atoms with E-state index in [1.54, 1.807) is 12.1 Å². The molecule has 15 heavy (non-hydrogen) atoms. The first kappa shape index (κ1) is 10.3. The Morgan fingerprint density at radius 2 is 1.93 bits per heavy atom. The van der Waals surface area contributed by atoms with E-state index in [9.17, 15) is 0 Å². The van der Waals surface area contributed by atoms with Crippen molar-refractivity contribution in [3.05, 3.63) is 28.6 Å². The summed E-state index contributed by atoms with van der Waals surface area (Å²) in [6.07, 6.45) is 1.21. The van der Waals surface area contributed by atoms with Gasteiger partial charge in [-0.05, 0) is 12.1 Å². The third-order valence-corrected chi connectivity index (χ3v) is 2.43. The summed E-state index contributed by atoms with van der Waals surface area (Å²) in [4.78, 5) is 3.88. The maximum atomic E-state index is 6.02. The van der Waals surface area contributed by atoms with Crippen LogP contribution in [0.25, 0.3) is 11.4 Å². The molecule has 6 heteroatoms. The Labute approximate surface area is 95.8 Å². The standard InChI is InChI=1S/C9H6Cl2N2O2/c1-14-5-2-6(10)8(7(11)3-5)9-12-4-15-13-9/h2-4H,1H3. The summed E-state index contributed by atoms with van der Waals surface area (Å²) in [5, 5.41) is 4.50. The van der Waals surface area contributed by atoms with Crippen LogP contribution in [-0.2, 0) is 0 Å². The topological polar surface area (TPSA) is 48.2 Å². The first-order valence-corrected chi connectivity index (χ1v) is 4.77. The second-order valence-corrected chi connectivity index (χ2v) is 3.54. The van der Waals surface area contributed by atoms with E-state index < -0.39 is 0 Å². The second kappa shape index (κ2) is 4.08. The molecule has 4 nitrogen and oxygen atoms in total. The van der Waals surface area contributed by atoms with E-state index in [1.807, 2.05) is 0 Å². The van der Waals surface area contributed by atoms with E-state index in [4.69, 9.17) is 27.9 Å². The fourth-order valence-electron chi connectivity index (χ4n) is 1.16. The minimum atomic E-state index is 0.354. The molecule has 0 bridgehead atoms. The number of hydrogen-bond donors (Lipinski definition) is 0. The van der Waals surface area contributed by atoms with E-state index in [1.165, 1.54) is 13.5 Å². The Hall–Kier alpha value is -1.26. The molecule has 0 N–H and O–H groups in total. The Bertz CT molecular complexity index is 448. The summed E-state index contributed by atoms with van der Waals surface area (Å²) in [6, 6.07) is 3.28. The lowest BCUT2D eigenvalue weighted by atomic mass is 10.2. The highest BCUT2D eigenvalue weighted by Gasteiger charge is 2.14. The van der Waals surface area contributed by atoms with Crippen molar-refractivity contribution in [3.8, 4) is 17.1 Å². The number of rotatable bonds is 2. The fraction of sp³-hybridized carbons (Fsp3) is 0.111. The van der Waals surface area contributed by atoms with Gasteiger partial charge in [0.1, 0.15) is 5.75 Å². The van der Waals surface area contributed by atoms with Gasteiger partial charge in [0.05, 0.1) is 22.7 Å². The summed E-state index contributed by atoms with van der Waals surface area (Å²) in [5.41, 5.74) is 0.535. The molecule has 1 heterocycles. The molecule has 0 unspecified atom stereocenters. The maximum Gasteiger partial charge on any atom is 0.214 e. The van der Waals surface area contributed by atoms with Gasteiger partial charge in [-0.15, -0.1) is 0 Å². The van der Waals surface area contributed by atoms with Crippen molar-refractivity contribution in [2.75, 3.05) is 7.11 Å². The molecule has 1 aromatic carbocycles. The molecule has 0 saturated carbocycles. The van der Waals surface area contributed by atoms with E-state index in [-0.39, 0.29) is 0 Å². The molecular formula is C9H6Cl2N2O2. The van der Waals surface area contributed by atoms with Gasteiger partial charge in [-0.1, -0.05) is 28.4 Å². The van der Waals surface area contributed by atoms with Crippen LogP contribution in [0, 0.1) is 0 Å². The number of halogens is 2. The van der Waals surface area contributed by atoms with Crippen molar-refractivity contribution in [2.45, 2.75) is 0 Å². The first-order chi connectivity index (χ1) is 7.22. The molecule has 0 radical (unpaired) electrons. The lowest BCUT2D eigenvalue weighted by molar-refractivity contribution is 0.414. The van der Waals surface area contributed by atoms with Gasteiger partial charge in [-0.25, -0.2) is 0 Å².